The molecular weight excluding hydrogens is 184 g/mol. The van der Waals surface area contributed by atoms with Crippen LogP contribution in [0.1, 0.15) is 18.4 Å². The molecule has 0 aromatic heterocycles. The zero-order valence-electron chi connectivity index (χ0n) is 8.56. The van der Waals surface area contributed by atoms with E-state index in [4.69, 9.17) is 0 Å². The molecule has 0 amide bonds. The van der Waals surface area contributed by atoms with Crippen molar-refractivity contribution in [2.45, 2.75) is 12.8 Å². The SMILES string of the molecule is Oc1ccccc1C=C1CC2C=CC1C2. The minimum absolute atomic E-state index is 0.386. The Labute approximate surface area is 89.8 Å². The maximum atomic E-state index is 9.68. The summed E-state index contributed by atoms with van der Waals surface area (Å²) >= 11 is 0. The molecule has 76 valence electrons. The van der Waals surface area contributed by atoms with Gasteiger partial charge in [0.15, 0.2) is 0 Å². The third-order valence-corrected chi connectivity index (χ3v) is 3.42. The monoisotopic (exact) mass is 198 g/mol. The lowest BCUT2D eigenvalue weighted by Crippen LogP contribution is -1.91. The Morgan fingerprint density at radius 2 is 2.07 bits per heavy atom. The summed E-state index contributed by atoms with van der Waals surface area (Å²) in [6.07, 6.45) is 9.24. The molecule has 1 aromatic carbocycles. The Hall–Kier alpha value is -1.50. The van der Waals surface area contributed by atoms with Crippen LogP contribution >= 0.6 is 0 Å². The lowest BCUT2D eigenvalue weighted by molar-refractivity contribution is 0.474. The van der Waals surface area contributed by atoms with E-state index in [0.717, 1.165) is 11.5 Å². The second-order valence-electron chi connectivity index (χ2n) is 4.47. The number of phenolic OH excluding ortho intramolecular Hbond substituents is 1. The largest absolute Gasteiger partial charge is 0.507 e. The van der Waals surface area contributed by atoms with Gasteiger partial charge in [0.1, 0.15) is 5.75 Å². The average Bonchev–Trinajstić information content (AvgIpc) is 2.83. The van der Waals surface area contributed by atoms with Crippen LogP contribution in [0.4, 0.5) is 0 Å². The fourth-order valence-corrected chi connectivity index (χ4v) is 2.63. The van der Waals surface area contributed by atoms with Gasteiger partial charge in [-0.15, -0.1) is 0 Å². The zero-order valence-corrected chi connectivity index (χ0v) is 8.56. The third-order valence-electron chi connectivity index (χ3n) is 3.42. The third kappa shape index (κ3) is 1.48. The van der Waals surface area contributed by atoms with Gasteiger partial charge in [0, 0.05) is 5.56 Å². The van der Waals surface area contributed by atoms with E-state index < -0.39 is 0 Å². The van der Waals surface area contributed by atoms with E-state index in [-0.39, 0.29) is 0 Å². The molecule has 1 nitrogen and oxygen atoms in total. The normalized spacial score (nSPS) is 30.3. The first-order valence-electron chi connectivity index (χ1n) is 5.50. The van der Waals surface area contributed by atoms with Gasteiger partial charge in [0.25, 0.3) is 0 Å². The summed E-state index contributed by atoms with van der Waals surface area (Å²) in [5.74, 6) is 1.78. The highest BCUT2D eigenvalue weighted by Crippen LogP contribution is 2.44. The van der Waals surface area contributed by atoms with Crippen molar-refractivity contribution in [1.29, 1.82) is 0 Å². The lowest BCUT2D eigenvalue weighted by atomic mass is 9.98. The molecule has 0 aliphatic heterocycles. The number of phenols is 1. The number of benzene rings is 1. The highest BCUT2D eigenvalue weighted by atomic mass is 16.3. The van der Waals surface area contributed by atoms with Crippen molar-refractivity contribution in [2.24, 2.45) is 11.8 Å². The molecule has 15 heavy (non-hydrogen) atoms. The Kier molecular flexibility index (Phi) is 1.91. The minimum Gasteiger partial charge on any atom is -0.507 e. The molecule has 2 unspecified atom stereocenters. The Morgan fingerprint density at radius 1 is 1.20 bits per heavy atom. The number of hydrogen-bond donors (Lipinski definition) is 1. The molecular formula is C14H14O. The molecule has 0 heterocycles. The van der Waals surface area contributed by atoms with Gasteiger partial charge in [-0.25, -0.2) is 0 Å². The molecule has 0 saturated heterocycles. The first-order valence-corrected chi connectivity index (χ1v) is 5.50. The van der Waals surface area contributed by atoms with Gasteiger partial charge in [-0.1, -0.05) is 42.0 Å². The van der Waals surface area contributed by atoms with Gasteiger partial charge < -0.3 is 5.11 Å². The number of aromatic hydroxyl groups is 1. The smallest absolute Gasteiger partial charge is 0.122 e. The van der Waals surface area contributed by atoms with Crippen LogP contribution in [0.25, 0.3) is 6.08 Å². The van der Waals surface area contributed by atoms with E-state index >= 15 is 0 Å². The average molecular weight is 198 g/mol. The van der Waals surface area contributed by atoms with Crippen LogP contribution in [0.3, 0.4) is 0 Å². The predicted octanol–water partition coefficient (Wildman–Crippen LogP) is 3.37. The number of fused-ring (bicyclic) bond motifs is 2. The fraction of sp³-hybridized carbons (Fsp3) is 0.286. The van der Waals surface area contributed by atoms with E-state index in [9.17, 15) is 5.11 Å². The molecule has 0 spiro atoms. The first-order chi connectivity index (χ1) is 7.33. The highest BCUT2D eigenvalue weighted by Gasteiger charge is 2.30. The van der Waals surface area contributed by atoms with Gasteiger partial charge in [0.2, 0.25) is 0 Å². The van der Waals surface area contributed by atoms with Crippen LogP contribution in [0, 0.1) is 11.8 Å². The molecule has 1 saturated carbocycles. The fourth-order valence-electron chi connectivity index (χ4n) is 2.63. The molecule has 2 atom stereocenters. The topological polar surface area (TPSA) is 20.2 Å². The molecule has 1 heteroatoms. The second-order valence-corrected chi connectivity index (χ2v) is 4.47. The number of para-hydroxylation sites is 1. The maximum Gasteiger partial charge on any atom is 0.122 e. The van der Waals surface area contributed by atoms with Crippen molar-refractivity contribution in [3.05, 3.63) is 47.6 Å². The standard InChI is InChI=1S/C14H14O/c15-14-4-2-1-3-12(14)9-13-8-10-5-6-11(13)7-10/h1-6,9-11,15H,7-8H2. The molecule has 2 aliphatic rings. The van der Waals surface area contributed by atoms with Crippen molar-refractivity contribution >= 4 is 6.08 Å². The Bertz CT molecular complexity index is 442. The van der Waals surface area contributed by atoms with Crippen LogP contribution < -0.4 is 0 Å². The van der Waals surface area contributed by atoms with Crippen LogP contribution in [0.15, 0.2) is 42.0 Å². The van der Waals surface area contributed by atoms with Crippen molar-refractivity contribution in [3.8, 4) is 5.75 Å². The number of allylic oxidation sites excluding steroid dienone is 3. The number of rotatable bonds is 1. The van der Waals surface area contributed by atoms with E-state index in [1.807, 2.05) is 18.2 Å². The Morgan fingerprint density at radius 3 is 2.73 bits per heavy atom. The van der Waals surface area contributed by atoms with Crippen LogP contribution in [0.2, 0.25) is 0 Å². The summed E-state index contributed by atoms with van der Waals surface area (Å²) in [6.45, 7) is 0. The van der Waals surface area contributed by atoms with Crippen molar-refractivity contribution < 1.29 is 5.11 Å². The van der Waals surface area contributed by atoms with Gasteiger partial charge in [-0.3, -0.25) is 0 Å². The van der Waals surface area contributed by atoms with E-state index in [0.29, 0.717) is 11.7 Å². The minimum atomic E-state index is 0.386. The molecule has 2 bridgehead atoms. The molecule has 0 radical (unpaired) electrons. The van der Waals surface area contributed by atoms with Gasteiger partial charge in [-0.05, 0) is 30.7 Å². The summed E-state index contributed by atoms with van der Waals surface area (Å²) in [5.41, 5.74) is 2.43. The highest BCUT2D eigenvalue weighted by molar-refractivity contribution is 5.61. The van der Waals surface area contributed by atoms with Crippen LogP contribution in [0.5, 0.6) is 5.75 Å². The van der Waals surface area contributed by atoms with Crippen LogP contribution in [-0.2, 0) is 0 Å². The van der Waals surface area contributed by atoms with Gasteiger partial charge >= 0.3 is 0 Å². The van der Waals surface area contributed by atoms with E-state index in [1.54, 1.807) is 6.07 Å². The van der Waals surface area contributed by atoms with Crippen molar-refractivity contribution in [2.75, 3.05) is 0 Å². The van der Waals surface area contributed by atoms with E-state index in [1.165, 1.54) is 18.4 Å². The van der Waals surface area contributed by atoms with Crippen molar-refractivity contribution in [1.82, 2.24) is 0 Å². The molecule has 2 aliphatic carbocycles. The summed E-state index contributed by atoms with van der Waals surface area (Å²) in [6, 6.07) is 7.54. The molecule has 3 rings (SSSR count). The quantitative estimate of drug-likeness (QED) is 0.686. The Balaban J connectivity index is 1.95. The summed E-state index contributed by atoms with van der Waals surface area (Å²) < 4.78 is 0. The summed E-state index contributed by atoms with van der Waals surface area (Å²) in [7, 11) is 0. The van der Waals surface area contributed by atoms with Crippen LogP contribution in [-0.4, -0.2) is 5.11 Å². The maximum absolute atomic E-state index is 9.68. The van der Waals surface area contributed by atoms with E-state index in [2.05, 4.69) is 18.2 Å². The van der Waals surface area contributed by atoms with Crippen molar-refractivity contribution in [3.63, 3.8) is 0 Å². The summed E-state index contributed by atoms with van der Waals surface area (Å²) in [5, 5.41) is 9.68. The predicted molar refractivity (Wildman–Crippen MR) is 61.4 cm³/mol. The molecule has 1 N–H and O–H groups in total. The summed E-state index contributed by atoms with van der Waals surface area (Å²) in [4.78, 5) is 0. The zero-order chi connectivity index (χ0) is 10.3. The van der Waals surface area contributed by atoms with Gasteiger partial charge in [-0.2, -0.15) is 0 Å². The second kappa shape index (κ2) is 3.27. The number of hydrogen-bond acceptors (Lipinski definition) is 1. The molecule has 1 aromatic rings. The van der Waals surface area contributed by atoms with Gasteiger partial charge in [0.05, 0.1) is 0 Å². The molecule has 1 fully saturated rings. The lowest BCUT2D eigenvalue weighted by Gasteiger charge is -2.08. The first kappa shape index (κ1) is 8.78.